The smallest absolute Gasteiger partial charge is 0.342 e. The molecule has 0 aliphatic carbocycles. The number of rotatable bonds is 6. The molecule has 1 aromatic heterocycles. The summed E-state index contributed by atoms with van der Waals surface area (Å²) < 4.78 is 33.4. The molecule has 0 fully saturated rings. The summed E-state index contributed by atoms with van der Waals surface area (Å²) in [4.78, 5) is 15.7. The number of benzene rings is 2. The van der Waals surface area contributed by atoms with Gasteiger partial charge in [0.2, 0.25) is 0 Å². The molecular formula is C20H20N2O4S. The van der Waals surface area contributed by atoms with Crippen molar-refractivity contribution >= 4 is 21.7 Å². The van der Waals surface area contributed by atoms with E-state index in [9.17, 15) is 13.2 Å². The van der Waals surface area contributed by atoms with Crippen LogP contribution in [0.4, 0.5) is 5.69 Å². The van der Waals surface area contributed by atoms with Crippen LogP contribution in [0.15, 0.2) is 65.6 Å². The fraction of sp³-hybridized carbons (Fsp3) is 0.150. The van der Waals surface area contributed by atoms with Gasteiger partial charge in [0.25, 0.3) is 10.0 Å². The number of sulfonamides is 1. The monoisotopic (exact) mass is 384 g/mol. The average Bonchev–Trinajstić information content (AvgIpc) is 2.99. The summed E-state index contributed by atoms with van der Waals surface area (Å²) in [7, 11) is -3.88. The van der Waals surface area contributed by atoms with Crippen LogP contribution in [0, 0.1) is 6.92 Å². The molecule has 1 heterocycles. The van der Waals surface area contributed by atoms with Crippen molar-refractivity contribution in [3.05, 3.63) is 71.9 Å². The SMILES string of the molecule is CCOC(=O)c1c(C)[nH]c(-c2ccccc2)c1NS(=O)(=O)c1ccccc1. The van der Waals surface area contributed by atoms with Crippen LogP contribution in [0.25, 0.3) is 11.3 Å². The Hall–Kier alpha value is -3.06. The molecule has 0 amide bonds. The summed E-state index contributed by atoms with van der Waals surface area (Å²) in [5.41, 5.74) is 2.15. The van der Waals surface area contributed by atoms with Crippen molar-refractivity contribution in [3.8, 4) is 11.3 Å². The van der Waals surface area contributed by atoms with E-state index in [4.69, 9.17) is 4.74 Å². The Morgan fingerprint density at radius 3 is 2.22 bits per heavy atom. The van der Waals surface area contributed by atoms with E-state index in [0.29, 0.717) is 11.4 Å². The lowest BCUT2D eigenvalue weighted by atomic mass is 10.1. The molecule has 0 aliphatic rings. The van der Waals surface area contributed by atoms with Gasteiger partial charge in [0.1, 0.15) is 5.56 Å². The van der Waals surface area contributed by atoms with Crippen molar-refractivity contribution in [1.29, 1.82) is 0 Å². The molecule has 0 saturated carbocycles. The number of anilines is 1. The van der Waals surface area contributed by atoms with Crippen molar-refractivity contribution in [2.24, 2.45) is 0 Å². The van der Waals surface area contributed by atoms with Gasteiger partial charge >= 0.3 is 5.97 Å². The molecular weight excluding hydrogens is 364 g/mol. The first-order valence-electron chi connectivity index (χ1n) is 8.47. The van der Waals surface area contributed by atoms with Gasteiger partial charge in [-0.3, -0.25) is 4.72 Å². The molecule has 2 aromatic carbocycles. The van der Waals surface area contributed by atoms with E-state index in [0.717, 1.165) is 5.56 Å². The molecule has 27 heavy (non-hydrogen) atoms. The minimum atomic E-state index is -3.88. The zero-order chi connectivity index (χ0) is 19.4. The lowest BCUT2D eigenvalue weighted by Gasteiger charge is -2.12. The first-order valence-corrected chi connectivity index (χ1v) is 9.95. The van der Waals surface area contributed by atoms with Crippen LogP contribution in [-0.4, -0.2) is 26.0 Å². The number of hydrogen-bond donors (Lipinski definition) is 2. The molecule has 0 spiro atoms. The number of aromatic amines is 1. The highest BCUT2D eigenvalue weighted by atomic mass is 32.2. The molecule has 0 bridgehead atoms. The van der Waals surface area contributed by atoms with Crippen molar-refractivity contribution in [2.45, 2.75) is 18.7 Å². The molecule has 0 atom stereocenters. The third kappa shape index (κ3) is 3.88. The van der Waals surface area contributed by atoms with E-state index in [2.05, 4.69) is 9.71 Å². The van der Waals surface area contributed by atoms with Gasteiger partial charge in [0.15, 0.2) is 0 Å². The van der Waals surface area contributed by atoms with E-state index in [1.165, 1.54) is 12.1 Å². The Bertz CT molecular complexity index is 1040. The lowest BCUT2D eigenvalue weighted by molar-refractivity contribution is 0.0527. The summed E-state index contributed by atoms with van der Waals surface area (Å²) in [5.74, 6) is -0.584. The van der Waals surface area contributed by atoms with Crippen molar-refractivity contribution in [2.75, 3.05) is 11.3 Å². The second-order valence-corrected chi connectivity index (χ2v) is 7.56. The fourth-order valence-corrected chi connectivity index (χ4v) is 3.91. The zero-order valence-corrected chi connectivity index (χ0v) is 15.8. The second-order valence-electron chi connectivity index (χ2n) is 5.88. The van der Waals surface area contributed by atoms with Crippen LogP contribution in [0.2, 0.25) is 0 Å². The number of H-pyrrole nitrogens is 1. The van der Waals surface area contributed by atoms with Crippen LogP contribution in [-0.2, 0) is 14.8 Å². The largest absolute Gasteiger partial charge is 0.462 e. The molecule has 140 valence electrons. The number of nitrogens with one attached hydrogen (secondary N) is 2. The highest BCUT2D eigenvalue weighted by Gasteiger charge is 2.27. The predicted molar refractivity (Wildman–Crippen MR) is 104 cm³/mol. The summed E-state index contributed by atoms with van der Waals surface area (Å²) >= 11 is 0. The molecule has 0 saturated heterocycles. The van der Waals surface area contributed by atoms with Crippen LogP contribution in [0.1, 0.15) is 23.0 Å². The highest BCUT2D eigenvalue weighted by Crippen LogP contribution is 2.35. The molecule has 2 N–H and O–H groups in total. The van der Waals surface area contributed by atoms with E-state index < -0.39 is 16.0 Å². The zero-order valence-electron chi connectivity index (χ0n) is 15.0. The molecule has 3 aromatic rings. The van der Waals surface area contributed by atoms with Gasteiger partial charge in [-0.1, -0.05) is 48.5 Å². The lowest BCUT2D eigenvalue weighted by Crippen LogP contribution is -2.16. The van der Waals surface area contributed by atoms with Crippen molar-refractivity contribution < 1.29 is 17.9 Å². The minimum absolute atomic E-state index is 0.109. The van der Waals surface area contributed by atoms with Gasteiger partial charge in [0.05, 0.1) is 22.9 Å². The molecule has 7 heteroatoms. The number of esters is 1. The van der Waals surface area contributed by atoms with Gasteiger partial charge in [-0.25, -0.2) is 13.2 Å². The third-order valence-electron chi connectivity index (χ3n) is 4.02. The predicted octanol–water partition coefficient (Wildman–Crippen LogP) is 3.97. The summed E-state index contributed by atoms with van der Waals surface area (Å²) in [6.45, 7) is 3.60. The van der Waals surface area contributed by atoms with E-state index in [1.807, 2.05) is 30.3 Å². The first kappa shape index (κ1) is 18.7. The van der Waals surface area contributed by atoms with Crippen LogP contribution < -0.4 is 4.72 Å². The molecule has 0 unspecified atom stereocenters. The number of hydrogen-bond acceptors (Lipinski definition) is 4. The maximum Gasteiger partial charge on any atom is 0.342 e. The van der Waals surface area contributed by atoms with Gasteiger partial charge in [-0.05, 0) is 26.0 Å². The molecule has 6 nitrogen and oxygen atoms in total. The van der Waals surface area contributed by atoms with Crippen molar-refractivity contribution in [3.63, 3.8) is 0 Å². The number of aryl methyl sites for hydroxylation is 1. The van der Waals surface area contributed by atoms with Crippen molar-refractivity contribution in [1.82, 2.24) is 4.98 Å². The maximum absolute atomic E-state index is 12.8. The maximum atomic E-state index is 12.8. The van der Waals surface area contributed by atoms with Crippen LogP contribution in [0.5, 0.6) is 0 Å². The minimum Gasteiger partial charge on any atom is -0.462 e. The molecule has 3 rings (SSSR count). The van der Waals surface area contributed by atoms with Gasteiger partial charge in [-0.15, -0.1) is 0 Å². The number of ether oxygens (including phenoxy) is 1. The Labute approximate surface area is 158 Å². The Morgan fingerprint density at radius 1 is 1.04 bits per heavy atom. The second kappa shape index (κ2) is 7.67. The van der Waals surface area contributed by atoms with Gasteiger partial charge < -0.3 is 9.72 Å². The summed E-state index contributed by atoms with van der Waals surface area (Å²) in [6.07, 6.45) is 0. The van der Waals surface area contributed by atoms with Gasteiger partial charge in [-0.2, -0.15) is 0 Å². The molecule has 0 aliphatic heterocycles. The van der Waals surface area contributed by atoms with Crippen LogP contribution in [0.3, 0.4) is 0 Å². The standard InChI is InChI=1S/C20H20N2O4S/c1-3-26-20(23)17-14(2)21-18(15-10-6-4-7-11-15)19(17)22-27(24,25)16-12-8-5-9-13-16/h4-13,21-22H,3H2,1-2H3. The average molecular weight is 384 g/mol. The van der Waals surface area contributed by atoms with E-state index >= 15 is 0 Å². The first-order chi connectivity index (χ1) is 12.9. The third-order valence-corrected chi connectivity index (χ3v) is 5.39. The Kier molecular flexibility index (Phi) is 5.32. The summed E-state index contributed by atoms with van der Waals surface area (Å²) in [6, 6.07) is 17.2. The highest BCUT2D eigenvalue weighted by molar-refractivity contribution is 7.92. The Morgan fingerprint density at radius 2 is 1.63 bits per heavy atom. The summed E-state index contributed by atoms with van der Waals surface area (Å²) in [5, 5.41) is 0. The Balaban J connectivity index is 2.15. The number of aromatic nitrogens is 1. The topological polar surface area (TPSA) is 88.3 Å². The van der Waals surface area contributed by atoms with Gasteiger partial charge in [0, 0.05) is 11.3 Å². The normalized spacial score (nSPS) is 11.2. The molecule has 0 radical (unpaired) electrons. The number of carbonyl (C=O) groups is 1. The quantitative estimate of drug-likeness (QED) is 0.630. The number of carbonyl (C=O) groups excluding carboxylic acids is 1. The fourth-order valence-electron chi connectivity index (χ4n) is 2.80. The van der Waals surface area contributed by atoms with E-state index in [-0.39, 0.29) is 22.8 Å². The van der Waals surface area contributed by atoms with E-state index in [1.54, 1.807) is 32.0 Å². The van der Waals surface area contributed by atoms with Crippen LogP contribution >= 0.6 is 0 Å².